The summed E-state index contributed by atoms with van der Waals surface area (Å²) in [6, 6.07) is 19.2. The Morgan fingerprint density at radius 1 is 1.07 bits per heavy atom. The minimum Gasteiger partial charge on any atom is -0.459 e. The van der Waals surface area contributed by atoms with E-state index in [2.05, 4.69) is 63.8 Å². The molecule has 0 amide bonds. The molecule has 1 aromatic heterocycles. The van der Waals surface area contributed by atoms with Crippen molar-refractivity contribution in [3.8, 4) is 0 Å². The molecule has 0 bridgehead atoms. The zero-order valence-corrected chi connectivity index (χ0v) is 16.6. The Balaban J connectivity index is 1.31. The largest absolute Gasteiger partial charge is 0.459 e. The summed E-state index contributed by atoms with van der Waals surface area (Å²) in [7, 11) is 1.82. The molecule has 28 heavy (non-hydrogen) atoms. The third kappa shape index (κ3) is 3.98. The molecular weight excluding hydrogens is 348 g/mol. The molecule has 1 aliphatic rings. The number of aliphatic imine (C=N–C) groups is 1. The van der Waals surface area contributed by atoms with E-state index in [0.29, 0.717) is 12.6 Å². The molecule has 0 aliphatic carbocycles. The van der Waals surface area contributed by atoms with E-state index in [1.165, 1.54) is 16.6 Å². The fourth-order valence-corrected chi connectivity index (χ4v) is 3.87. The Labute approximate surface area is 166 Å². The molecule has 5 heteroatoms. The summed E-state index contributed by atoms with van der Waals surface area (Å²) in [6.45, 7) is 4.85. The van der Waals surface area contributed by atoms with Gasteiger partial charge in [0, 0.05) is 42.8 Å². The number of hydrogen-bond donors (Lipinski definition) is 2. The van der Waals surface area contributed by atoms with Crippen molar-refractivity contribution in [2.24, 2.45) is 4.99 Å². The van der Waals surface area contributed by atoms with Gasteiger partial charge in [-0.25, -0.2) is 0 Å². The number of benzene rings is 2. The smallest absolute Gasteiger partial charge is 0.191 e. The highest BCUT2D eigenvalue weighted by Gasteiger charge is 2.20. The number of para-hydroxylation sites is 2. The normalized spacial score (nSPS) is 15.8. The Morgan fingerprint density at radius 3 is 2.50 bits per heavy atom. The second-order valence-corrected chi connectivity index (χ2v) is 7.31. The van der Waals surface area contributed by atoms with Crippen LogP contribution in [0.25, 0.3) is 11.0 Å². The van der Waals surface area contributed by atoms with E-state index in [-0.39, 0.29) is 0 Å². The van der Waals surface area contributed by atoms with E-state index in [1.807, 2.05) is 25.2 Å². The van der Waals surface area contributed by atoms with Crippen LogP contribution in [-0.4, -0.2) is 32.1 Å². The zero-order chi connectivity index (χ0) is 19.3. The van der Waals surface area contributed by atoms with E-state index in [1.54, 1.807) is 0 Å². The maximum Gasteiger partial charge on any atom is 0.191 e. The highest BCUT2D eigenvalue weighted by atomic mass is 16.3. The fourth-order valence-electron chi connectivity index (χ4n) is 3.87. The molecule has 1 fully saturated rings. The first kappa shape index (κ1) is 18.4. The predicted molar refractivity (Wildman–Crippen MR) is 116 cm³/mol. The van der Waals surface area contributed by atoms with Gasteiger partial charge in [-0.3, -0.25) is 4.99 Å². The zero-order valence-electron chi connectivity index (χ0n) is 16.6. The number of fused-ring (bicyclic) bond motifs is 1. The van der Waals surface area contributed by atoms with Crippen LogP contribution in [-0.2, 0) is 6.54 Å². The van der Waals surface area contributed by atoms with Gasteiger partial charge in [0.25, 0.3) is 0 Å². The van der Waals surface area contributed by atoms with Gasteiger partial charge in [-0.1, -0.05) is 36.4 Å². The highest BCUT2D eigenvalue weighted by Crippen LogP contribution is 2.24. The molecule has 3 aromatic rings. The highest BCUT2D eigenvalue weighted by molar-refractivity contribution is 5.83. The Bertz CT molecular complexity index is 940. The molecule has 2 aromatic carbocycles. The molecule has 0 unspecified atom stereocenters. The lowest BCUT2D eigenvalue weighted by Gasteiger charge is -2.34. The summed E-state index contributed by atoms with van der Waals surface area (Å²) < 4.78 is 5.99. The van der Waals surface area contributed by atoms with E-state index >= 15 is 0 Å². The van der Waals surface area contributed by atoms with E-state index in [0.717, 1.165) is 43.2 Å². The van der Waals surface area contributed by atoms with Gasteiger partial charge in [0.1, 0.15) is 11.3 Å². The maximum atomic E-state index is 5.99. The third-order valence-corrected chi connectivity index (χ3v) is 5.54. The van der Waals surface area contributed by atoms with Gasteiger partial charge >= 0.3 is 0 Å². The number of guanidine groups is 1. The second kappa shape index (κ2) is 8.38. The van der Waals surface area contributed by atoms with Crippen molar-refractivity contribution in [1.82, 2.24) is 10.6 Å². The molecule has 2 heterocycles. The van der Waals surface area contributed by atoms with Crippen molar-refractivity contribution in [3.05, 3.63) is 65.9 Å². The van der Waals surface area contributed by atoms with Gasteiger partial charge in [0.2, 0.25) is 0 Å². The number of nitrogens with one attached hydrogen (secondary N) is 2. The van der Waals surface area contributed by atoms with Crippen molar-refractivity contribution in [2.45, 2.75) is 32.4 Å². The van der Waals surface area contributed by atoms with Crippen LogP contribution in [0.1, 0.15) is 24.2 Å². The first-order valence-corrected chi connectivity index (χ1v) is 9.99. The Kier molecular flexibility index (Phi) is 5.51. The monoisotopic (exact) mass is 376 g/mol. The molecule has 1 aliphatic heterocycles. The van der Waals surface area contributed by atoms with Crippen LogP contribution in [0, 0.1) is 6.92 Å². The van der Waals surface area contributed by atoms with Crippen LogP contribution in [0.15, 0.2) is 64.0 Å². The molecule has 0 radical (unpaired) electrons. The quantitative estimate of drug-likeness (QED) is 0.532. The van der Waals surface area contributed by atoms with Crippen LogP contribution in [0.3, 0.4) is 0 Å². The Morgan fingerprint density at radius 2 is 1.79 bits per heavy atom. The van der Waals surface area contributed by atoms with Gasteiger partial charge in [-0.2, -0.15) is 0 Å². The molecular formula is C23H28N4O. The molecule has 2 N–H and O–H groups in total. The average molecular weight is 377 g/mol. The van der Waals surface area contributed by atoms with Crippen LogP contribution in [0.2, 0.25) is 0 Å². The lowest BCUT2D eigenvalue weighted by molar-refractivity contribution is 0.459. The summed E-state index contributed by atoms with van der Waals surface area (Å²) in [5.74, 6) is 1.79. The molecule has 0 saturated carbocycles. The van der Waals surface area contributed by atoms with Crippen LogP contribution < -0.4 is 15.5 Å². The van der Waals surface area contributed by atoms with Crippen LogP contribution in [0.5, 0.6) is 0 Å². The molecule has 146 valence electrons. The van der Waals surface area contributed by atoms with Gasteiger partial charge < -0.3 is 20.0 Å². The molecule has 4 rings (SSSR count). The minimum absolute atomic E-state index is 0.433. The first-order valence-electron chi connectivity index (χ1n) is 9.99. The molecule has 0 spiro atoms. The van der Waals surface area contributed by atoms with Gasteiger partial charge in [-0.15, -0.1) is 0 Å². The van der Waals surface area contributed by atoms with Crippen LogP contribution >= 0.6 is 0 Å². The number of rotatable bonds is 4. The SMILES string of the molecule is CN=C(NCc1oc2ccccc2c1C)NC1CCN(c2ccccc2)CC1. The summed E-state index contributed by atoms with van der Waals surface area (Å²) in [4.78, 5) is 6.85. The summed E-state index contributed by atoms with van der Waals surface area (Å²) in [5, 5.41) is 8.16. The topological polar surface area (TPSA) is 52.8 Å². The standard InChI is InChI=1S/C23H28N4O/c1-17-20-10-6-7-11-21(20)28-22(17)16-25-23(24-2)26-18-12-14-27(15-13-18)19-8-4-3-5-9-19/h3-11,18H,12-16H2,1-2H3,(H2,24,25,26). The van der Waals surface area contributed by atoms with Crippen molar-refractivity contribution in [1.29, 1.82) is 0 Å². The summed E-state index contributed by atoms with van der Waals surface area (Å²) in [5.41, 5.74) is 3.44. The van der Waals surface area contributed by atoms with E-state index < -0.39 is 0 Å². The fraction of sp³-hybridized carbons (Fsp3) is 0.348. The number of piperidine rings is 1. The Hall–Kier alpha value is -2.95. The number of furan rings is 1. The lowest BCUT2D eigenvalue weighted by atomic mass is 10.0. The van der Waals surface area contributed by atoms with Crippen molar-refractivity contribution >= 4 is 22.6 Å². The number of nitrogens with zero attached hydrogens (tertiary/aromatic N) is 2. The number of hydrogen-bond acceptors (Lipinski definition) is 3. The van der Waals surface area contributed by atoms with Gasteiger partial charge in [-0.05, 0) is 38.0 Å². The van der Waals surface area contributed by atoms with Gasteiger partial charge in [0.05, 0.1) is 6.54 Å². The third-order valence-electron chi connectivity index (χ3n) is 5.54. The average Bonchev–Trinajstić information content (AvgIpc) is 3.08. The minimum atomic E-state index is 0.433. The number of anilines is 1. The van der Waals surface area contributed by atoms with Crippen molar-refractivity contribution in [3.63, 3.8) is 0 Å². The molecule has 5 nitrogen and oxygen atoms in total. The maximum absolute atomic E-state index is 5.99. The molecule has 1 saturated heterocycles. The number of aryl methyl sites for hydroxylation is 1. The molecule has 0 atom stereocenters. The summed E-state index contributed by atoms with van der Waals surface area (Å²) >= 11 is 0. The van der Waals surface area contributed by atoms with Crippen molar-refractivity contribution in [2.75, 3.05) is 25.0 Å². The van der Waals surface area contributed by atoms with E-state index in [4.69, 9.17) is 4.42 Å². The van der Waals surface area contributed by atoms with Gasteiger partial charge in [0.15, 0.2) is 5.96 Å². The summed E-state index contributed by atoms with van der Waals surface area (Å²) in [6.07, 6.45) is 2.19. The van der Waals surface area contributed by atoms with E-state index in [9.17, 15) is 0 Å². The van der Waals surface area contributed by atoms with Crippen LogP contribution in [0.4, 0.5) is 5.69 Å². The lowest BCUT2D eigenvalue weighted by Crippen LogP contribution is -2.48. The second-order valence-electron chi connectivity index (χ2n) is 7.31. The first-order chi connectivity index (χ1) is 13.7. The van der Waals surface area contributed by atoms with Crippen molar-refractivity contribution < 1.29 is 4.42 Å². The predicted octanol–water partition coefficient (Wildman–Crippen LogP) is 4.08.